The second-order valence-corrected chi connectivity index (χ2v) is 3.95. The molecule has 0 aromatic heterocycles. The maximum Gasteiger partial charge on any atom is 0.226 e. The highest BCUT2D eigenvalue weighted by Crippen LogP contribution is 2.42. The van der Waals surface area contributed by atoms with E-state index in [4.69, 9.17) is 4.74 Å². The van der Waals surface area contributed by atoms with Gasteiger partial charge in [-0.2, -0.15) is 0 Å². The van der Waals surface area contributed by atoms with Crippen molar-refractivity contribution < 1.29 is 9.53 Å². The van der Waals surface area contributed by atoms with Crippen LogP contribution in [0.5, 0.6) is 0 Å². The van der Waals surface area contributed by atoms with Crippen molar-refractivity contribution in [1.82, 2.24) is 4.90 Å². The van der Waals surface area contributed by atoms with Crippen LogP contribution in [0.3, 0.4) is 0 Å². The van der Waals surface area contributed by atoms with Crippen LogP contribution in [-0.2, 0) is 9.53 Å². The molecule has 1 saturated heterocycles. The quantitative estimate of drug-likeness (QED) is 0.636. The van der Waals surface area contributed by atoms with E-state index in [9.17, 15) is 4.79 Å². The molecule has 1 amide bonds. The first-order valence-electron chi connectivity index (χ1n) is 5.19. The molecule has 2 rings (SSSR count). The van der Waals surface area contributed by atoms with Crippen LogP contribution in [0, 0.1) is 11.8 Å². The first kappa shape index (κ1) is 9.00. The van der Waals surface area contributed by atoms with E-state index in [0.29, 0.717) is 17.7 Å². The summed E-state index contributed by atoms with van der Waals surface area (Å²) in [6.07, 6.45) is 2.27. The van der Waals surface area contributed by atoms with Crippen LogP contribution in [-0.4, -0.2) is 37.1 Å². The van der Waals surface area contributed by atoms with Gasteiger partial charge in [-0.15, -0.1) is 0 Å². The van der Waals surface area contributed by atoms with Crippen molar-refractivity contribution in [3.63, 3.8) is 0 Å². The van der Waals surface area contributed by atoms with Crippen LogP contribution < -0.4 is 0 Å². The second-order valence-electron chi connectivity index (χ2n) is 3.95. The Hall–Kier alpha value is -0.570. The van der Waals surface area contributed by atoms with Gasteiger partial charge in [0.05, 0.1) is 13.2 Å². The average Bonchev–Trinajstić information content (AvgIpc) is 2.97. The molecular formula is C10H17NO2. The van der Waals surface area contributed by atoms with E-state index in [-0.39, 0.29) is 0 Å². The van der Waals surface area contributed by atoms with Crippen LogP contribution in [0.25, 0.3) is 0 Å². The van der Waals surface area contributed by atoms with Gasteiger partial charge in [0.15, 0.2) is 0 Å². The average molecular weight is 183 g/mol. The third-order valence-electron chi connectivity index (χ3n) is 3.09. The van der Waals surface area contributed by atoms with Gasteiger partial charge < -0.3 is 9.64 Å². The molecule has 0 N–H and O–H groups in total. The Morgan fingerprint density at radius 1 is 1.46 bits per heavy atom. The van der Waals surface area contributed by atoms with Gasteiger partial charge in [0, 0.05) is 19.0 Å². The Morgan fingerprint density at radius 3 is 2.69 bits per heavy atom. The van der Waals surface area contributed by atoms with Gasteiger partial charge in [-0.1, -0.05) is 13.3 Å². The molecular weight excluding hydrogens is 166 g/mol. The zero-order valence-corrected chi connectivity index (χ0v) is 8.16. The number of amides is 1. The van der Waals surface area contributed by atoms with E-state index >= 15 is 0 Å². The summed E-state index contributed by atoms with van der Waals surface area (Å²) in [5, 5.41) is 0. The minimum Gasteiger partial charge on any atom is -0.378 e. The SMILES string of the molecule is CCC1CC1C(=O)N1CCOCC1. The van der Waals surface area contributed by atoms with Gasteiger partial charge in [-0.05, 0) is 12.3 Å². The maximum absolute atomic E-state index is 11.8. The standard InChI is InChI=1S/C10H17NO2/c1-2-8-7-9(8)10(12)11-3-5-13-6-4-11/h8-9H,2-7H2,1H3. The van der Waals surface area contributed by atoms with Crippen LogP contribution in [0.2, 0.25) is 0 Å². The van der Waals surface area contributed by atoms with Gasteiger partial charge in [0.1, 0.15) is 0 Å². The van der Waals surface area contributed by atoms with E-state index in [0.717, 1.165) is 39.1 Å². The Balaban J connectivity index is 1.83. The summed E-state index contributed by atoms with van der Waals surface area (Å²) >= 11 is 0. The molecule has 1 aliphatic heterocycles. The van der Waals surface area contributed by atoms with Crippen LogP contribution in [0.15, 0.2) is 0 Å². The van der Waals surface area contributed by atoms with Crippen LogP contribution >= 0.6 is 0 Å². The molecule has 1 heterocycles. The predicted octanol–water partition coefficient (Wildman–Crippen LogP) is 0.891. The second kappa shape index (κ2) is 3.66. The van der Waals surface area contributed by atoms with E-state index in [1.807, 2.05) is 4.90 Å². The number of morpholine rings is 1. The molecule has 2 aliphatic rings. The third-order valence-corrected chi connectivity index (χ3v) is 3.09. The van der Waals surface area contributed by atoms with E-state index in [1.165, 1.54) is 0 Å². The normalized spacial score (nSPS) is 33.2. The maximum atomic E-state index is 11.8. The van der Waals surface area contributed by atoms with Crippen LogP contribution in [0.4, 0.5) is 0 Å². The Labute approximate surface area is 79.0 Å². The molecule has 3 heteroatoms. The van der Waals surface area contributed by atoms with E-state index in [2.05, 4.69) is 6.92 Å². The Kier molecular flexibility index (Phi) is 2.54. The lowest BCUT2D eigenvalue weighted by atomic mass is 10.2. The first-order chi connectivity index (χ1) is 6.33. The fourth-order valence-electron chi connectivity index (χ4n) is 2.02. The number of nitrogens with zero attached hydrogens (tertiary/aromatic N) is 1. The molecule has 2 fully saturated rings. The topological polar surface area (TPSA) is 29.5 Å². The van der Waals surface area contributed by atoms with Crippen molar-refractivity contribution in [2.24, 2.45) is 11.8 Å². The van der Waals surface area contributed by atoms with Crippen molar-refractivity contribution in [3.8, 4) is 0 Å². The molecule has 74 valence electrons. The molecule has 1 saturated carbocycles. The summed E-state index contributed by atoms with van der Waals surface area (Å²) in [6.45, 7) is 5.19. The fraction of sp³-hybridized carbons (Fsp3) is 0.900. The Bertz CT molecular complexity index is 199. The van der Waals surface area contributed by atoms with Crippen molar-refractivity contribution in [1.29, 1.82) is 0 Å². The summed E-state index contributed by atoms with van der Waals surface area (Å²) in [4.78, 5) is 13.8. The van der Waals surface area contributed by atoms with Crippen molar-refractivity contribution >= 4 is 5.91 Å². The molecule has 2 atom stereocenters. The summed E-state index contributed by atoms with van der Waals surface area (Å²) in [5.74, 6) is 1.40. The lowest BCUT2D eigenvalue weighted by Crippen LogP contribution is -2.41. The van der Waals surface area contributed by atoms with Gasteiger partial charge in [0.25, 0.3) is 0 Å². The molecule has 0 spiro atoms. The fourth-order valence-corrected chi connectivity index (χ4v) is 2.02. The van der Waals surface area contributed by atoms with Gasteiger partial charge in [0.2, 0.25) is 5.91 Å². The predicted molar refractivity (Wildman–Crippen MR) is 49.3 cm³/mol. The van der Waals surface area contributed by atoms with Gasteiger partial charge in [-0.25, -0.2) is 0 Å². The molecule has 0 aromatic carbocycles. The molecule has 0 radical (unpaired) electrons. The molecule has 2 unspecified atom stereocenters. The highest BCUT2D eigenvalue weighted by Gasteiger charge is 2.43. The highest BCUT2D eigenvalue weighted by atomic mass is 16.5. The smallest absolute Gasteiger partial charge is 0.226 e. The zero-order chi connectivity index (χ0) is 9.26. The monoisotopic (exact) mass is 183 g/mol. The van der Waals surface area contributed by atoms with Crippen LogP contribution in [0.1, 0.15) is 19.8 Å². The number of ether oxygens (including phenoxy) is 1. The largest absolute Gasteiger partial charge is 0.378 e. The molecule has 13 heavy (non-hydrogen) atoms. The van der Waals surface area contributed by atoms with E-state index < -0.39 is 0 Å². The number of carbonyl (C=O) groups is 1. The molecule has 0 bridgehead atoms. The summed E-state index contributed by atoms with van der Waals surface area (Å²) in [5.41, 5.74) is 0. The minimum atomic E-state index is 0.350. The van der Waals surface area contributed by atoms with E-state index in [1.54, 1.807) is 0 Å². The Morgan fingerprint density at radius 2 is 2.15 bits per heavy atom. The van der Waals surface area contributed by atoms with Crippen molar-refractivity contribution in [2.75, 3.05) is 26.3 Å². The number of rotatable bonds is 2. The van der Waals surface area contributed by atoms with Gasteiger partial charge >= 0.3 is 0 Å². The molecule has 0 aromatic rings. The lowest BCUT2D eigenvalue weighted by Gasteiger charge is -2.27. The van der Waals surface area contributed by atoms with Gasteiger partial charge in [-0.3, -0.25) is 4.79 Å². The summed E-state index contributed by atoms with van der Waals surface area (Å²) < 4.78 is 5.21. The minimum absolute atomic E-state index is 0.350. The third kappa shape index (κ3) is 1.85. The number of hydrogen-bond acceptors (Lipinski definition) is 2. The van der Waals surface area contributed by atoms with Crippen molar-refractivity contribution in [3.05, 3.63) is 0 Å². The van der Waals surface area contributed by atoms with Crippen molar-refractivity contribution in [2.45, 2.75) is 19.8 Å². The lowest BCUT2D eigenvalue weighted by molar-refractivity contribution is -0.137. The zero-order valence-electron chi connectivity index (χ0n) is 8.16. The summed E-state index contributed by atoms with van der Waals surface area (Å²) in [6, 6.07) is 0. The molecule has 3 nitrogen and oxygen atoms in total. The molecule has 1 aliphatic carbocycles. The number of hydrogen-bond donors (Lipinski definition) is 0. The summed E-state index contributed by atoms with van der Waals surface area (Å²) in [7, 11) is 0. The number of carbonyl (C=O) groups excluding carboxylic acids is 1. The first-order valence-corrected chi connectivity index (χ1v) is 5.19. The highest BCUT2D eigenvalue weighted by molar-refractivity contribution is 5.81.